The average Bonchev–Trinajstić information content (AvgIpc) is 2.82. The Morgan fingerprint density at radius 2 is 1.78 bits per heavy atom. The third kappa shape index (κ3) is 8.23. The summed E-state index contributed by atoms with van der Waals surface area (Å²) in [7, 11) is 3.25. The third-order valence-corrected chi connectivity index (χ3v) is 5.02. The van der Waals surface area contributed by atoms with Crippen LogP contribution in [0.25, 0.3) is 10.9 Å². The van der Waals surface area contributed by atoms with E-state index in [0.29, 0.717) is 18.5 Å². The Bertz CT molecular complexity index is 1240. The van der Waals surface area contributed by atoms with E-state index in [4.69, 9.17) is 5.11 Å². The van der Waals surface area contributed by atoms with Crippen molar-refractivity contribution in [2.24, 2.45) is 7.05 Å². The molecule has 0 spiro atoms. The van der Waals surface area contributed by atoms with Gasteiger partial charge < -0.3 is 20.3 Å². The zero-order valence-electron chi connectivity index (χ0n) is 21.0. The van der Waals surface area contributed by atoms with Crippen LogP contribution in [-0.2, 0) is 35.8 Å². The topological polar surface area (TPSA) is 100 Å². The van der Waals surface area contributed by atoms with Crippen LogP contribution in [0.15, 0.2) is 47.3 Å². The van der Waals surface area contributed by atoms with E-state index in [-0.39, 0.29) is 29.4 Å². The first-order valence-electron chi connectivity index (χ1n) is 11.3. The van der Waals surface area contributed by atoms with E-state index >= 15 is 0 Å². The van der Waals surface area contributed by atoms with Crippen molar-refractivity contribution in [2.45, 2.75) is 39.9 Å². The number of hydrogen-bond acceptors (Lipinski definition) is 4. The molecule has 0 unspecified atom stereocenters. The van der Waals surface area contributed by atoms with Crippen LogP contribution in [0.2, 0.25) is 0 Å². The summed E-state index contributed by atoms with van der Waals surface area (Å²) in [5.41, 5.74) is 0.969. The van der Waals surface area contributed by atoms with Crippen molar-refractivity contribution in [3.63, 3.8) is 0 Å². The van der Waals surface area contributed by atoms with E-state index in [1.54, 1.807) is 37.4 Å². The number of carbonyl (C=O) groups is 2. The number of carbonyl (C=O) groups excluding carboxylic acids is 1. The number of amides is 1. The van der Waals surface area contributed by atoms with E-state index in [0.717, 1.165) is 11.1 Å². The van der Waals surface area contributed by atoms with Gasteiger partial charge >= 0.3 is 12.1 Å². The van der Waals surface area contributed by atoms with Crippen molar-refractivity contribution in [3.8, 4) is 0 Å². The molecule has 0 bridgehead atoms. The average molecular weight is 508 g/mol. The number of aromatic nitrogens is 1. The van der Waals surface area contributed by atoms with Gasteiger partial charge in [-0.3, -0.25) is 14.4 Å². The monoisotopic (exact) mass is 507 g/mol. The van der Waals surface area contributed by atoms with Gasteiger partial charge in [-0.1, -0.05) is 49.7 Å². The molecule has 0 saturated heterocycles. The van der Waals surface area contributed by atoms with Crippen LogP contribution in [0.1, 0.15) is 41.7 Å². The fraction of sp³-hybridized carbons (Fsp3) is 0.346. The molecule has 10 heteroatoms. The van der Waals surface area contributed by atoms with Crippen molar-refractivity contribution in [2.75, 3.05) is 13.6 Å². The number of pyridine rings is 1. The number of carboxylic acids is 1. The molecule has 196 valence electrons. The van der Waals surface area contributed by atoms with Gasteiger partial charge in [0.25, 0.3) is 5.56 Å². The van der Waals surface area contributed by atoms with Crippen LogP contribution >= 0.6 is 0 Å². The second-order valence-electron chi connectivity index (χ2n) is 7.66. The zero-order chi connectivity index (χ0) is 27.5. The van der Waals surface area contributed by atoms with Crippen molar-refractivity contribution < 1.29 is 27.9 Å². The Hall–Kier alpha value is -3.66. The molecule has 3 rings (SSSR count). The van der Waals surface area contributed by atoms with Gasteiger partial charge in [-0.25, -0.2) is 0 Å². The van der Waals surface area contributed by atoms with Gasteiger partial charge in [-0.15, -0.1) is 0 Å². The van der Waals surface area contributed by atoms with Crippen molar-refractivity contribution in [1.82, 2.24) is 15.2 Å². The molecule has 3 aromatic rings. The summed E-state index contributed by atoms with van der Waals surface area (Å²) in [5.74, 6) is -1.04. The Morgan fingerprint density at radius 1 is 1.11 bits per heavy atom. The summed E-state index contributed by atoms with van der Waals surface area (Å²) >= 11 is 0. The molecule has 3 N–H and O–H groups in total. The molecule has 0 fully saturated rings. The maximum absolute atomic E-state index is 14.0. The summed E-state index contributed by atoms with van der Waals surface area (Å²) in [5, 5.41) is 12.8. The molecule has 1 amide bonds. The molecular weight excluding hydrogens is 475 g/mol. The SMILES string of the molecule is CC.CNCc1ccc2c(c1)c(C(F)(F)F)c(Cc1cccc(C)c1)c(=O)n2C.O=CNCC(=O)O. The van der Waals surface area contributed by atoms with E-state index < -0.39 is 23.3 Å². The summed E-state index contributed by atoms with van der Waals surface area (Å²) < 4.78 is 43.4. The van der Waals surface area contributed by atoms with E-state index in [1.807, 2.05) is 32.2 Å². The van der Waals surface area contributed by atoms with Crippen molar-refractivity contribution >= 4 is 23.3 Å². The first kappa shape index (κ1) is 30.4. The zero-order valence-corrected chi connectivity index (χ0v) is 21.0. The molecule has 0 aliphatic rings. The maximum Gasteiger partial charge on any atom is 0.417 e. The van der Waals surface area contributed by atoms with E-state index in [9.17, 15) is 27.6 Å². The standard InChI is InChI=1S/C21H21F3N2O.C3H5NO3.C2H6/c1-13-5-4-6-14(9-13)10-17-19(21(22,23)24)16-11-15(12-25-2)7-8-18(16)26(3)20(17)27;5-2-4-1-3(6)7;1-2/h4-9,11,25H,10,12H2,1-3H3;2H,1H2,(H,4,5)(H,6,7);1-2H3. The number of aryl methyl sites for hydroxylation is 2. The van der Waals surface area contributed by atoms with Gasteiger partial charge in [0.15, 0.2) is 0 Å². The molecule has 0 radical (unpaired) electrons. The van der Waals surface area contributed by atoms with Crippen LogP contribution in [0.5, 0.6) is 0 Å². The van der Waals surface area contributed by atoms with E-state index in [2.05, 4.69) is 5.32 Å². The molecule has 7 nitrogen and oxygen atoms in total. The van der Waals surface area contributed by atoms with Crippen LogP contribution in [0.3, 0.4) is 0 Å². The lowest BCUT2D eigenvalue weighted by Crippen LogP contribution is -2.27. The minimum absolute atomic E-state index is 0.0556. The number of carboxylic acid groups (broad SMARTS) is 1. The van der Waals surface area contributed by atoms with Gasteiger partial charge in [-0.05, 0) is 37.2 Å². The fourth-order valence-corrected chi connectivity index (χ4v) is 3.61. The number of benzene rings is 2. The number of halogens is 3. The highest BCUT2D eigenvalue weighted by Gasteiger charge is 2.37. The third-order valence-electron chi connectivity index (χ3n) is 5.02. The van der Waals surface area contributed by atoms with Crippen LogP contribution in [0.4, 0.5) is 13.2 Å². The molecule has 0 atom stereocenters. The number of fused-ring (bicyclic) bond motifs is 1. The summed E-state index contributed by atoms with van der Waals surface area (Å²) in [6.07, 6.45) is -4.34. The summed E-state index contributed by atoms with van der Waals surface area (Å²) in [4.78, 5) is 31.7. The lowest BCUT2D eigenvalue weighted by Gasteiger charge is -2.19. The van der Waals surface area contributed by atoms with E-state index in [1.165, 1.54) is 17.7 Å². The van der Waals surface area contributed by atoms with Gasteiger partial charge in [0.05, 0.1) is 11.1 Å². The lowest BCUT2D eigenvalue weighted by atomic mass is 9.95. The molecule has 1 aromatic heterocycles. The molecule has 36 heavy (non-hydrogen) atoms. The number of aliphatic carboxylic acids is 1. The van der Waals surface area contributed by atoms with Crippen molar-refractivity contribution in [1.29, 1.82) is 0 Å². The lowest BCUT2D eigenvalue weighted by molar-refractivity contribution is -0.137. The normalized spacial score (nSPS) is 10.6. The predicted molar refractivity (Wildman–Crippen MR) is 134 cm³/mol. The molecule has 1 heterocycles. The van der Waals surface area contributed by atoms with Gasteiger partial charge in [0.2, 0.25) is 6.41 Å². The largest absolute Gasteiger partial charge is 0.480 e. The molecule has 0 saturated carbocycles. The number of hydrogen-bond donors (Lipinski definition) is 3. The summed E-state index contributed by atoms with van der Waals surface area (Å²) in [6.45, 7) is 6.02. The quantitative estimate of drug-likeness (QED) is 0.420. The minimum Gasteiger partial charge on any atom is -0.480 e. The first-order chi connectivity index (χ1) is 17.0. The fourth-order valence-electron chi connectivity index (χ4n) is 3.61. The number of nitrogens with one attached hydrogen (secondary N) is 2. The first-order valence-corrected chi connectivity index (χ1v) is 11.3. The molecule has 0 aliphatic heterocycles. The van der Waals surface area contributed by atoms with Crippen LogP contribution < -0.4 is 16.2 Å². The minimum atomic E-state index is -4.62. The highest BCUT2D eigenvalue weighted by atomic mass is 19.4. The van der Waals surface area contributed by atoms with Gasteiger partial charge in [-0.2, -0.15) is 13.2 Å². The molecular formula is C26H32F3N3O4. The predicted octanol–water partition coefficient (Wildman–Crippen LogP) is 4.02. The molecule has 0 aliphatic carbocycles. The number of rotatable bonds is 7. The second kappa shape index (κ2) is 14.0. The smallest absolute Gasteiger partial charge is 0.417 e. The second-order valence-corrected chi connectivity index (χ2v) is 7.66. The Kier molecular flexibility index (Phi) is 11.8. The van der Waals surface area contributed by atoms with Crippen LogP contribution in [-0.4, -0.2) is 35.6 Å². The summed E-state index contributed by atoms with van der Waals surface area (Å²) in [6, 6.07) is 12.0. The van der Waals surface area contributed by atoms with Gasteiger partial charge in [0.1, 0.15) is 6.54 Å². The molecule has 2 aromatic carbocycles. The number of nitrogens with zero attached hydrogens (tertiary/aromatic N) is 1. The highest BCUT2D eigenvalue weighted by molar-refractivity contribution is 5.85. The Morgan fingerprint density at radius 3 is 2.28 bits per heavy atom. The highest BCUT2D eigenvalue weighted by Crippen LogP contribution is 2.37. The Balaban J connectivity index is 0.000000623. The maximum atomic E-state index is 14.0. The Labute approximate surface area is 208 Å². The van der Waals surface area contributed by atoms with Crippen LogP contribution in [0, 0.1) is 6.92 Å². The van der Waals surface area contributed by atoms with Gasteiger partial charge in [0, 0.05) is 31.0 Å². The van der Waals surface area contributed by atoms with Crippen molar-refractivity contribution in [3.05, 3.63) is 80.6 Å². The number of alkyl halides is 3.